The lowest BCUT2D eigenvalue weighted by Gasteiger charge is -2.09. The van der Waals surface area contributed by atoms with Crippen molar-refractivity contribution in [2.24, 2.45) is 0 Å². The summed E-state index contributed by atoms with van der Waals surface area (Å²) in [6.45, 7) is 1.62. The van der Waals surface area contributed by atoms with Crippen LogP contribution in [0.2, 0.25) is 0 Å². The number of rotatable bonds is 5. The van der Waals surface area contributed by atoms with Crippen molar-refractivity contribution in [3.8, 4) is 0 Å². The van der Waals surface area contributed by atoms with Gasteiger partial charge in [0.15, 0.2) is 0 Å². The van der Waals surface area contributed by atoms with Gasteiger partial charge in [-0.25, -0.2) is 0 Å². The Morgan fingerprint density at radius 3 is 2.76 bits per heavy atom. The molecule has 92 valence electrons. The monoisotopic (exact) mass is 238 g/mol. The summed E-state index contributed by atoms with van der Waals surface area (Å²) in [5.41, 5.74) is -0.188. The maximum Gasteiger partial charge on any atom is 0.325 e. The summed E-state index contributed by atoms with van der Waals surface area (Å²) in [6, 6.07) is 3.79. The summed E-state index contributed by atoms with van der Waals surface area (Å²) in [5, 5.41) is 10.9. The second-order valence-electron chi connectivity index (χ2n) is 3.61. The molecule has 0 bridgehead atoms. The third-order valence-corrected chi connectivity index (χ3v) is 2.23. The zero-order chi connectivity index (χ0) is 12.8. The fourth-order valence-electron chi connectivity index (χ4n) is 1.24. The Bertz CT molecular complexity index is 467. The van der Waals surface area contributed by atoms with Gasteiger partial charge in [-0.2, -0.15) is 0 Å². The molecule has 1 heterocycles. The molecule has 1 atom stereocenters. The molecule has 0 aliphatic rings. The quantitative estimate of drug-likeness (QED) is 0.745. The van der Waals surface area contributed by atoms with E-state index in [0.29, 0.717) is 0 Å². The van der Waals surface area contributed by atoms with Gasteiger partial charge < -0.3 is 15.0 Å². The lowest BCUT2D eigenvalue weighted by Crippen LogP contribution is -2.38. The molecule has 0 aliphatic carbocycles. The Kier molecular flexibility index (Phi) is 4.45. The molecule has 0 aliphatic heterocycles. The molecule has 0 aromatic carbocycles. The van der Waals surface area contributed by atoms with Crippen LogP contribution < -0.4 is 10.9 Å². The predicted molar refractivity (Wildman–Crippen MR) is 60.6 cm³/mol. The van der Waals surface area contributed by atoms with Crippen LogP contribution in [-0.4, -0.2) is 27.6 Å². The van der Waals surface area contributed by atoms with Crippen molar-refractivity contribution in [3.63, 3.8) is 0 Å². The Hall–Kier alpha value is -2.11. The van der Waals surface area contributed by atoms with Crippen molar-refractivity contribution in [2.45, 2.75) is 25.9 Å². The summed E-state index contributed by atoms with van der Waals surface area (Å²) in [6.07, 6.45) is 1.65. The number of amides is 1. The van der Waals surface area contributed by atoms with E-state index in [1.165, 1.54) is 17.6 Å². The van der Waals surface area contributed by atoms with E-state index in [-0.39, 0.29) is 18.5 Å². The largest absolute Gasteiger partial charge is 0.480 e. The van der Waals surface area contributed by atoms with E-state index in [1.54, 1.807) is 18.3 Å². The second kappa shape index (κ2) is 5.83. The lowest BCUT2D eigenvalue weighted by atomic mass is 10.3. The van der Waals surface area contributed by atoms with Gasteiger partial charge in [-0.05, 0) is 13.0 Å². The van der Waals surface area contributed by atoms with Crippen LogP contribution in [0.3, 0.4) is 0 Å². The minimum atomic E-state index is -1.09. The van der Waals surface area contributed by atoms with E-state index in [4.69, 9.17) is 5.11 Å². The summed E-state index contributed by atoms with van der Waals surface area (Å²) in [5.74, 6) is -1.48. The van der Waals surface area contributed by atoms with Crippen molar-refractivity contribution < 1.29 is 14.7 Å². The van der Waals surface area contributed by atoms with Gasteiger partial charge in [0.05, 0.1) is 0 Å². The average Bonchev–Trinajstić information content (AvgIpc) is 2.27. The molecule has 1 aromatic heterocycles. The molecule has 1 amide bonds. The highest BCUT2D eigenvalue weighted by atomic mass is 16.4. The van der Waals surface area contributed by atoms with Crippen molar-refractivity contribution in [3.05, 3.63) is 34.7 Å². The molecule has 1 aromatic rings. The second-order valence-corrected chi connectivity index (χ2v) is 3.61. The van der Waals surface area contributed by atoms with E-state index in [2.05, 4.69) is 5.32 Å². The number of aromatic nitrogens is 1. The van der Waals surface area contributed by atoms with Crippen LogP contribution >= 0.6 is 0 Å². The first-order chi connectivity index (χ1) is 8.00. The number of carbonyl (C=O) groups is 2. The van der Waals surface area contributed by atoms with E-state index >= 15 is 0 Å². The maximum absolute atomic E-state index is 11.4. The minimum Gasteiger partial charge on any atom is -0.480 e. The van der Waals surface area contributed by atoms with Crippen molar-refractivity contribution in [1.82, 2.24) is 9.88 Å². The fraction of sp³-hybridized carbons (Fsp3) is 0.364. The normalized spacial score (nSPS) is 11.8. The highest BCUT2D eigenvalue weighted by molar-refractivity contribution is 5.83. The van der Waals surface area contributed by atoms with Crippen LogP contribution in [0.4, 0.5) is 0 Å². The van der Waals surface area contributed by atoms with Crippen LogP contribution in [0.1, 0.15) is 13.3 Å². The average molecular weight is 238 g/mol. The predicted octanol–water partition coefficient (Wildman–Crippen LogP) is -0.172. The number of aryl methyl sites for hydroxylation is 1. The van der Waals surface area contributed by atoms with Crippen molar-refractivity contribution in [2.75, 3.05) is 0 Å². The number of aliphatic carboxylic acids is 1. The summed E-state index contributed by atoms with van der Waals surface area (Å²) >= 11 is 0. The van der Waals surface area contributed by atoms with E-state index in [1.807, 2.05) is 0 Å². The van der Waals surface area contributed by atoms with Gasteiger partial charge in [0.2, 0.25) is 5.91 Å². The van der Waals surface area contributed by atoms with Gasteiger partial charge >= 0.3 is 5.97 Å². The third kappa shape index (κ3) is 4.10. The molecule has 17 heavy (non-hydrogen) atoms. The zero-order valence-electron chi connectivity index (χ0n) is 9.42. The molecule has 0 fully saturated rings. The van der Waals surface area contributed by atoms with Crippen molar-refractivity contribution >= 4 is 11.9 Å². The number of pyridine rings is 1. The summed E-state index contributed by atoms with van der Waals surface area (Å²) in [7, 11) is 0. The first-order valence-electron chi connectivity index (χ1n) is 5.18. The standard InChI is InChI=1S/C11H14N2O4/c1-8(11(16)17)12-9(14)5-7-13-6-3-2-4-10(13)15/h2-4,6,8H,5,7H2,1H3,(H,12,14)(H,16,17). The maximum atomic E-state index is 11.4. The number of carboxylic acid groups (broad SMARTS) is 1. The highest BCUT2D eigenvalue weighted by Gasteiger charge is 2.13. The summed E-state index contributed by atoms with van der Waals surface area (Å²) in [4.78, 5) is 33.1. The Labute approximate surface area is 97.9 Å². The number of nitrogens with zero attached hydrogens (tertiary/aromatic N) is 1. The fourth-order valence-corrected chi connectivity index (χ4v) is 1.24. The van der Waals surface area contributed by atoms with Gasteiger partial charge in [-0.3, -0.25) is 14.4 Å². The molecule has 2 N–H and O–H groups in total. The van der Waals surface area contributed by atoms with Crippen molar-refractivity contribution in [1.29, 1.82) is 0 Å². The first kappa shape index (κ1) is 13.0. The van der Waals surface area contributed by atoms with Crippen LogP contribution in [0.15, 0.2) is 29.2 Å². The minimum absolute atomic E-state index is 0.0710. The molecule has 0 saturated carbocycles. The first-order valence-corrected chi connectivity index (χ1v) is 5.18. The SMILES string of the molecule is CC(NC(=O)CCn1ccccc1=O)C(=O)O. The van der Waals surface area contributed by atoms with Crippen LogP contribution in [0.25, 0.3) is 0 Å². The molecule has 0 spiro atoms. The Morgan fingerprint density at radius 1 is 1.47 bits per heavy atom. The van der Waals surface area contributed by atoms with Crippen LogP contribution in [0.5, 0.6) is 0 Å². The molecule has 0 radical (unpaired) electrons. The third-order valence-electron chi connectivity index (χ3n) is 2.23. The number of hydrogen-bond donors (Lipinski definition) is 2. The molecular weight excluding hydrogens is 224 g/mol. The molecule has 6 heteroatoms. The molecule has 0 saturated heterocycles. The number of nitrogens with one attached hydrogen (secondary N) is 1. The van der Waals surface area contributed by atoms with Gasteiger partial charge in [-0.1, -0.05) is 6.07 Å². The van der Waals surface area contributed by atoms with Gasteiger partial charge in [0, 0.05) is 25.2 Å². The zero-order valence-corrected chi connectivity index (χ0v) is 9.42. The van der Waals surface area contributed by atoms with Gasteiger partial charge in [-0.15, -0.1) is 0 Å². The Morgan fingerprint density at radius 2 is 2.18 bits per heavy atom. The number of hydrogen-bond acceptors (Lipinski definition) is 3. The molecular formula is C11H14N2O4. The van der Waals surface area contributed by atoms with E-state index < -0.39 is 17.9 Å². The number of carboxylic acids is 1. The van der Waals surface area contributed by atoms with Gasteiger partial charge in [0.25, 0.3) is 5.56 Å². The topological polar surface area (TPSA) is 88.4 Å². The van der Waals surface area contributed by atoms with Crippen LogP contribution in [0, 0.1) is 0 Å². The van der Waals surface area contributed by atoms with E-state index in [9.17, 15) is 14.4 Å². The summed E-state index contributed by atoms with van der Waals surface area (Å²) < 4.78 is 1.39. The Balaban J connectivity index is 2.47. The van der Waals surface area contributed by atoms with Gasteiger partial charge in [0.1, 0.15) is 6.04 Å². The lowest BCUT2D eigenvalue weighted by molar-refractivity contribution is -0.141. The number of carbonyl (C=O) groups excluding carboxylic acids is 1. The highest BCUT2D eigenvalue weighted by Crippen LogP contribution is 1.90. The van der Waals surface area contributed by atoms with E-state index in [0.717, 1.165) is 0 Å². The molecule has 1 unspecified atom stereocenters. The van der Waals surface area contributed by atoms with Crippen LogP contribution in [-0.2, 0) is 16.1 Å². The molecule has 1 rings (SSSR count). The smallest absolute Gasteiger partial charge is 0.325 e. The molecule has 6 nitrogen and oxygen atoms in total.